The van der Waals surface area contributed by atoms with Gasteiger partial charge in [-0.05, 0) is 24.6 Å². The highest BCUT2D eigenvalue weighted by Crippen LogP contribution is 2.24. The van der Waals surface area contributed by atoms with Crippen molar-refractivity contribution in [2.24, 2.45) is 4.99 Å². The number of likely N-dealkylation sites (N-methyl/N-ethyl adjacent to an activating group) is 1. The topological polar surface area (TPSA) is 60.0 Å². The van der Waals surface area contributed by atoms with Gasteiger partial charge in [0, 0.05) is 46.0 Å². The molecule has 1 heterocycles. The zero-order chi connectivity index (χ0) is 17.7. The summed E-state index contributed by atoms with van der Waals surface area (Å²) in [6, 6.07) is 5.01. The summed E-state index contributed by atoms with van der Waals surface area (Å²) in [6.07, 6.45) is 0.895. The monoisotopic (exact) mass is 483 g/mol. The van der Waals surface area contributed by atoms with Crippen molar-refractivity contribution < 1.29 is 9.18 Å². The zero-order valence-corrected chi connectivity index (χ0v) is 17.6. The molecule has 9 heteroatoms. The van der Waals surface area contributed by atoms with Crippen molar-refractivity contribution in [3.05, 3.63) is 29.0 Å². The Kier molecular flexibility index (Phi) is 8.70. The minimum Gasteiger partial charge on any atom is -0.369 e. The number of guanidine groups is 1. The summed E-state index contributed by atoms with van der Waals surface area (Å²) in [5.41, 5.74) is 0.812. The number of hydrogen-bond acceptors (Lipinski definition) is 3. The van der Waals surface area contributed by atoms with Crippen LogP contribution in [-0.2, 0) is 4.79 Å². The van der Waals surface area contributed by atoms with E-state index in [1.165, 1.54) is 11.0 Å². The minimum atomic E-state index is -0.412. The van der Waals surface area contributed by atoms with E-state index in [0.717, 1.165) is 25.2 Å². The van der Waals surface area contributed by atoms with Gasteiger partial charge in [-0.25, -0.2) is 4.39 Å². The van der Waals surface area contributed by atoms with Crippen LogP contribution in [0.25, 0.3) is 0 Å². The highest BCUT2D eigenvalue weighted by molar-refractivity contribution is 14.0. The maximum Gasteiger partial charge on any atom is 0.241 e. The van der Waals surface area contributed by atoms with Crippen molar-refractivity contribution in [3.63, 3.8) is 0 Å². The number of anilines is 1. The molecule has 2 rings (SSSR count). The van der Waals surface area contributed by atoms with Crippen LogP contribution in [0.4, 0.5) is 10.1 Å². The maximum absolute atomic E-state index is 13.6. The van der Waals surface area contributed by atoms with E-state index >= 15 is 0 Å². The molecular formula is C16H24ClFIN5O. The van der Waals surface area contributed by atoms with Crippen molar-refractivity contribution in [1.82, 2.24) is 15.5 Å². The molecule has 6 nitrogen and oxygen atoms in total. The van der Waals surface area contributed by atoms with Gasteiger partial charge in [0.2, 0.25) is 5.91 Å². The second-order valence-electron chi connectivity index (χ2n) is 5.89. The van der Waals surface area contributed by atoms with Crippen LogP contribution >= 0.6 is 35.6 Å². The van der Waals surface area contributed by atoms with Crippen LogP contribution in [0.5, 0.6) is 0 Å². The van der Waals surface area contributed by atoms with Gasteiger partial charge in [-0.3, -0.25) is 9.79 Å². The van der Waals surface area contributed by atoms with Crippen molar-refractivity contribution in [1.29, 1.82) is 0 Å². The van der Waals surface area contributed by atoms with Crippen molar-refractivity contribution in [3.8, 4) is 0 Å². The van der Waals surface area contributed by atoms with E-state index in [4.69, 9.17) is 11.6 Å². The summed E-state index contributed by atoms with van der Waals surface area (Å²) in [6.45, 7) is 1.72. The van der Waals surface area contributed by atoms with Gasteiger partial charge in [0.05, 0.1) is 11.6 Å². The fourth-order valence-corrected chi connectivity index (χ4v) is 2.62. The lowest BCUT2D eigenvalue weighted by Crippen LogP contribution is -2.47. The molecule has 1 fully saturated rings. The third-order valence-electron chi connectivity index (χ3n) is 3.93. The highest BCUT2D eigenvalue weighted by Gasteiger charge is 2.24. The predicted octanol–water partition coefficient (Wildman–Crippen LogP) is 1.93. The summed E-state index contributed by atoms with van der Waals surface area (Å²) in [5.74, 6) is 0.146. The lowest BCUT2D eigenvalue weighted by Gasteiger charge is -2.21. The minimum absolute atomic E-state index is 0. The summed E-state index contributed by atoms with van der Waals surface area (Å²) in [5, 5.41) is 6.42. The van der Waals surface area contributed by atoms with Gasteiger partial charge in [0.1, 0.15) is 5.82 Å². The standard InChI is InChI=1S/C16H23ClFN5O.HI/c1-19-16(20-9-15(24)22(2)3)21-11-6-7-23(10-11)12-4-5-13(17)14(18)8-12;/h4-5,8,11H,6-7,9-10H2,1-3H3,(H2,19,20,21);1H. The molecule has 1 saturated heterocycles. The molecule has 1 amide bonds. The quantitative estimate of drug-likeness (QED) is 0.390. The molecule has 1 atom stereocenters. The lowest BCUT2D eigenvalue weighted by molar-refractivity contribution is -0.127. The Bertz CT molecular complexity index is 629. The molecule has 140 valence electrons. The second-order valence-corrected chi connectivity index (χ2v) is 6.30. The molecule has 1 aromatic rings. The van der Waals surface area contributed by atoms with E-state index in [2.05, 4.69) is 20.5 Å². The largest absolute Gasteiger partial charge is 0.369 e. The molecule has 0 spiro atoms. The van der Waals surface area contributed by atoms with Gasteiger partial charge < -0.3 is 20.4 Å². The fourth-order valence-electron chi connectivity index (χ4n) is 2.50. The smallest absolute Gasteiger partial charge is 0.241 e. The van der Waals surface area contributed by atoms with E-state index < -0.39 is 5.82 Å². The van der Waals surface area contributed by atoms with Crippen LogP contribution in [0.3, 0.4) is 0 Å². The number of aliphatic imine (C=N–C) groups is 1. The molecule has 0 radical (unpaired) electrons. The molecule has 1 aromatic carbocycles. The number of amides is 1. The molecule has 0 aromatic heterocycles. The SMILES string of the molecule is CN=C(NCC(=O)N(C)C)NC1CCN(c2ccc(Cl)c(F)c2)C1.I. The lowest BCUT2D eigenvalue weighted by atomic mass is 10.2. The number of halogens is 3. The average Bonchev–Trinajstić information content (AvgIpc) is 3.02. The Morgan fingerprint density at radius 3 is 2.80 bits per heavy atom. The molecule has 2 N–H and O–H groups in total. The van der Waals surface area contributed by atoms with E-state index in [-0.39, 0.29) is 47.5 Å². The average molecular weight is 484 g/mol. The number of rotatable bonds is 4. The van der Waals surface area contributed by atoms with Crippen molar-refractivity contribution in [2.45, 2.75) is 12.5 Å². The number of carbonyl (C=O) groups is 1. The first kappa shape index (κ1) is 21.8. The van der Waals surface area contributed by atoms with E-state index in [1.54, 1.807) is 27.2 Å². The zero-order valence-electron chi connectivity index (χ0n) is 14.6. The molecule has 1 aliphatic heterocycles. The van der Waals surface area contributed by atoms with Gasteiger partial charge in [-0.15, -0.1) is 24.0 Å². The first-order valence-electron chi connectivity index (χ1n) is 7.78. The van der Waals surface area contributed by atoms with Crippen LogP contribution in [0.15, 0.2) is 23.2 Å². The molecule has 25 heavy (non-hydrogen) atoms. The van der Waals surface area contributed by atoms with Gasteiger partial charge >= 0.3 is 0 Å². The number of carbonyl (C=O) groups excluding carboxylic acids is 1. The first-order chi connectivity index (χ1) is 11.4. The van der Waals surface area contributed by atoms with E-state index in [1.807, 2.05) is 6.07 Å². The molecule has 1 aliphatic rings. The van der Waals surface area contributed by atoms with Crippen molar-refractivity contribution >= 4 is 53.1 Å². The Labute approximate surface area is 169 Å². The van der Waals surface area contributed by atoms with Crippen LogP contribution < -0.4 is 15.5 Å². The number of benzene rings is 1. The molecule has 0 saturated carbocycles. The van der Waals surface area contributed by atoms with E-state index in [9.17, 15) is 9.18 Å². The van der Waals surface area contributed by atoms with Gasteiger partial charge in [0.25, 0.3) is 0 Å². The fraction of sp³-hybridized carbons (Fsp3) is 0.500. The molecule has 1 unspecified atom stereocenters. The molecule has 0 aliphatic carbocycles. The van der Waals surface area contributed by atoms with Crippen molar-refractivity contribution in [2.75, 3.05) is 45.7 Å². The van der Waals surface area contributed by atoms with E-state index in [0.29, 0.717) is 5.96 Å². The Morgan fingerprint density at radius 1 is 1.48 bits per heavy atom. The first-order valence-corrected chi connectivity index (χ1v) is 8.16. The molecular weight excluding hydrogens is 460 g/mol. The van der Waals surface area contributed by atoms with Gasteiger partial charge in [-0.1, -0.05) is 11.6 Å². The van der Waals surface area contributed by atoms with Crippen LogP contribution in [0.2, 0.25) is 5.02 Å². The van der Waals surface area contributed by atoms with Gasteiger partial charge in [0.15, 0.2) is 5.96 Å². The predicted molar refractivity (Wildman–Crippen MR) is 111 cm³/mol. The molecule has 0 bridgehead atoms. The third-order valence-corrected chi connectivity index (χ3v) is 4.23. The normalized spacial score (nSPS) is 17.1. The number of nitrogens with zero attached hydrogens (tertiary/aromatic N) is 3. The van der Waals surface area contributed by atoms with Crippen LogP contribution in [0, 0.1) is 5.82 Å². The summed E-state index contributed by atoms with van der Waals surface area (Å²) in [7, 11) is 5.08. The second kappa shape index (κ2) is 10.0. The summed E-state index contributed by atoms with van der Waals surface area (Å²) >= 11 is 5.73. The number of hydrogen-bond donors (Lipinski definition) is 2. The Morgan fingerprint density at radius 2 is 2.20 bits per heavy atom. The summed E-state index contributed by atoms with van der Waals surface area (Å²) < 4.78 is 13.6. The summed E-state index contributed by atoms with van der Waals surface area (Å²) in [4.78, 5) is 19.4. The highest BCUT2D eigenvalue weighted by atomic mass is 127. The Balaban J connectivity index is 0.00000312. The maximum atomic E-state index is 13.6. The number of nitrogens with one attached hydrogen (secondary N) is 2. The Hall–Kier alpha value is -1.29. The van der Waals surface area contributed by atoms with Gasteiger partial charge in [-0.2, -0.15) is 0 Å². The van der Waals surface area contributed by atoms with Crippen LogP contribution in [0.1, 0.15) is 6.42 Å². The van der Waals surface area contributed by atoms with Crippen LogP contribution in [-0.4, -0.2) is 63.6 Å². The third kappa shape index (κ3) is 6.18.